The molecule has 38 heteroatoms. The Balaban J connectivity index is 0.00000411. The molecule has 0 saturated carbocycles. The molecule has 104 heavy (non-hydrogen) atoms. The zero-order valence-corrected chi connectivity index (χ0v) is 57.2. The lowest BCUT2D eigenvalue weighted by Gasteiger charge is -2.47. The number of nitrogens with zero attached hydrogens (tertiary/aromatic N) is 3. The first-order chi connectivity index (χ1) is 49.1. The van der Waals surface area contributed by atoms with E-state index in [0.717, 1.165) is 66.7 Å². The molecular weight excluding hydrogens is 1420 g/mol. The molecule has 12 rings (SSSR count). The van der Waals surface area contributed by atoms with Gasteiger partial charge in [0.25, 0.3) is 0 Å². The van der Waals surface area contributed by atoms with Crippen molar-refractivity contribution in [3.05, 3.63) is 133 Å². The summed E-state index contributed by atoms with van der Waals surface area (Å²) in [6.45, 7) is 5.66. The van der Waals surface area contributed by atoms with E-state index < -0.39 is 237 Å². The Labute approximate surface area is 600 Å². The highest BCUT2D eigenvalue weighted by Gasteiger charge is 2.51. The van der Waals surface area contributed by atoms with Gasteiger partial charge in [0.1, 0.15) is 89.5 Å². The Hall–Kier alpha value is -9.89. The number of phenols is 3. The molecule has 5 aromatic rings. The minimum Gasteiger partial charge on any atom is -0.508 e. The molecule has 1 unspecified atom stereocenters. The number of nitrogens with one attached hydrogen (secondary N) is 7. The first-order valence-electron chi connectivity index (χ1n) is 32.0. The number of aliphatic carboxylic acids is 1. The topological polar surface area (TPSA) is 589 Å². The van der Waals surface area contributed by atoms with Gasteiger partial charge < -0.3 is 139 Å². The van der Waals surface area contributed by atoms with Crippen molar-refractivity contribution in [2.75, 3.05) is 13.7 Å². The van der Waals surface area contributed by atoms with Gasteiger partial charge in [-0.2, -0.15) is 0 Å². The van der Waals surface area contributed by atoms with Gasteiger partial charge in [-0.25, -0.2) is 4.79 Å². The number of nitrogens with two attached hydrogens (primary N) is 2. The third-order valence-corrected chi connectivity index (χ3v) is 18.4. The van der Waals surface area contributed by atoms with Crippen molar-refractivity contribution >= 4 is 70.5 Å². The Morgan fingerprint density at radius 3 is 1.88 bits per heavy atom. The number of carboxylic acids is 1. The van der Waals surface area contributed by atoms with E-state index in [1.54, 1.807) is 0 Å². The quantitative estimate of drug-likeness (QED) is 0.0444. The molecule has 7 aliphatic rings. The van der Waals surface area contributed by atoms with Crippen molar-refractivity contribution < 1.29 is 118 Å². The third kappa shape index (κ3) is 17.0. The first kappa shape index (κ1) is 78.3. The van der Waals surface area contributed by atoms with Crippen molar-refractivity contribution in [3.63, 3.8) is 0 Å². The van der Waals surface area contributed by atoms with E-state index in [1.807, 2.05) is 13.8 Å². The molecule has 558 valence electrons. The molecule has 7 aliphatic heterocycles. The largest absolute Gasteiger partial charge is 0.508 e. The maximum absolute atomic E-state index is 16.0. The predicted molar refractivity (Wildman–Crippen MR) is 359 cm³/mol. The Kier molecular flexibility index (Phi) is 24.4. The summed E-state index contributed by atoms with van der Waals surface area (Å²) in [6, 6.07) is -0.679. The van der Waals surface area contributed by atoms with E-state index in [0.29, 0.717) is 0 Å². The molecule has 36 nitrogen and oxygen atoms in total. The fourth-order valence-corrected chi connectivity index (χ4v) is 12.9. The maximum atomic E-state index is 16.0. The molecule has 21 N–H and O–H groups in total. The number of hydrogen-bond donors (Lipinski definition) is 19. The summed E-state index contributed by atoms with van der Waals surface area (Å²) in [6.07, 6.45) is -18.6. The number of carboxylic acid groups (broad SMARTS) is 1. The van der Waals surface area contributed by atoms with Crippen LogP contribution in [0.2, 0.25) is 10.0 Å². The van der Waals surface area contributed by atoms with Crippen LogP contribution in [0, 0.1) is 5.92 Å². The number of likely N-dealkylation sites (N-methyl/N-ethyl adjacent to an activating group) is 1. The lowest BCUT2D eigenvalue weighted by atomic mass is 9.86. The molecule has 7 heterocycles. The molecule has 5 aromatic carbocycles. The molecule has 18 atom stereocenters. The summed E-state index contributed by atoms with van der Waals surface area (Å²) in [5.41, 5.74) is 21.5. The lowest BCUT2D eigenvalue weighted by Crippen LogP contribution is -2.64. The standard InChI is InChI=1S/C66H75Cl2N9O24.N3/c1-23(2)12-34(71-5)58(88)76-49-51(83)26-7-10-38(32(67)14-26)97-40-16-28-17-41(55(40)101-65-56(54(86)53(85)42(22-78)99-65)100-44-21-66(4,70)57(87)24(3)96-44)98-39-11-8-27(15-33(39)68)52(84)50-63(93)75-48(64(94)95)31-18-29(79)19-37(81)45(31)30-13-25(6-9-36(30)80)46(60(90)77-50)74-61(91)47(28)73-59(89)35(20-43(69)82)72-62(49)92;1-3-2/h6-11,13-19,23-24,34-35,42,44,46-54,56-57,65,71,78-81,83-87H,12,20-22,70H2,1-5H3,(H2,69,82)(H,72,92)(H,73,89)(H,74,91)(H,75,93)(H,76,88)(H,77,90)(H,94,95);/q;-1/t24-,34+,35-,42+,44-,46+,47+,48+,49+,50-,51+,52+,53+,54-,56+,57?,65-,66-;/m0./s1. The predicted octanol–water partition coefficient (Wildman–Crippen LogP) is 0.972. The fourth-order valence-electron chi connectivity index (χ4n) is 12.5. The van der Waals surface area contributed by atoms with Crippen LogP contribution >= 0.6 is 23.2 Å². The molecule has 0 radical (unpaired) electrons. The number of carbonyl (C=O) groups is 8. The van der Waals surface area contributed by atoms with Gasteiger partial charge in [0, 0.05) is 34.7 Å². The van der Waals surface area contributed by atoms with E-state index in [-0.39, 0.29) is 46.2 Å². The fraction of sp³-hybridized carbons (Fsp3) is 0.424. The van der Waals surface area contributed by atoms with Gasteiger partial charge in [0.15, 0.2) is 29.9 Å². The number of aliphatic hydroxyl groups excluding tert-OH is 6. The lowest BCUT2D eigenvalue weighted by molar-refractivity contribution is -0.333. The summed E-state index contributed by atoms with van der Waals surface area (Å²) >= 11 is 14.1. The van der Waals surface area contributed by atoms with Gasteiger partial charge in [0.05, 0.1) is 41.3 Å². The monoisotopic (exact) mass is 1490 g/mol. The highest BCUT2D eigenvalue weighted by Crippen LogP contribution is 2.50. The zero-order chi connectivity index (χ0) is 76.2. The first-order valence-corrected chi connectivity index (χ1v) is 32.8. The number of aliphatic hydroxyl groups is 6. The number of fused-ring (bicyclic) bond motifs is 15. The van der Waals surface area contributed by atoms with Crippen LogP contribution in [-0.2, 0) is 52.6 Å². The van der Waals surface area contributed by atoms with Crippen molar-refractivity contribution in [1.29, 1.82) is 0 Å². The normalized spacial score (nSPS) is 28.7. The number of ether oxygens (including phenoxy) is 6. The third-order valence-electron chi connectivity index (χ3n) is 17.8. The minimum absolute atomic E-state index is 0.0975. The number of rotatable bonds is 13. The van der Waals surface area contributed by atoms with Crippen LogP contribution < -0.4 is 62.9 Å². The van der Waals surface area contributed by atoms with Gasteiger partial charge in [-0.1, -0.05) is 55.2 Å². The van der Waals surface area contributed by atoms with E-state index in [1.165, 1.54) is 37.9 Å². The van der Waals surface area contributed by atoms with Gasteiger partial charge in [-0.3, -0.25) is 38.5 Å². The summed E-state index contributed by atoms with van der Waals surface area (Å²) in [5, 5.41) is 131. The van der Waals surface area contributed by atoms with Crippen LogP contribution in [0.25, 0.3) is 27.1 Å². The van der Waals surface area contributed by atoms with E-state index in [2.05, 4.69) is 37.2 Å². The molecule has 0 aromatic heterocycles. The number of amides is 7. The zero-order valence-electron chi connectivity index (χ0n) is 55.7. The summed E-state index contributed by atoms with van der Waals surface area (Å²) in [4.78, 5) is 118. The van der Waals surface area contributed by atoms with Gasteiger partial charge in [-0.05, 0) is 110 Å². The summed E-state index contributed by atoms with van der Waals surface area (Å²) in [7, 11) is 1.47. The Morgan fingerprint density at radius 2 is 1.32 bits per heavy atom. The Bertz CT molecular complexity index is 4190. The van der Waals surface area contributed by atoms with Gasteiger partial charge >= 0.3 is 5.97 Å². The average Bonchev–Trinajstić information content (AvgIpc) is 0.778. The smallest absolute Gasteiger partial charge is 0.330 e. The van der Waals surface area contributed by atoms with E-state index in [9.17, 15) is 75.0 Å². The van der Waals surface area contributed by atoms with Gasteiger partial charge in [0.2, 0.25) is 53.4 Å². The Morgan fingerprint density at radius 1 is 0.731 bits per heavy atom. The maximum Gasteiger partial charge on any atom is 0.330 e. The summed E-state index contributed by atoms with van der Waals surface area (Å²) < 4.78 is 38.3. The second-order valence-corrected chi connectivity index (χ2v) is 26.6. The van der Waals surface area contributed by atoms with Crippen LogP contribution in [0.5, 0.6) is 46.0 Å². The number of aromatic hydroxyl groups is 3. The number of halogens is 2. The van der Waals surface area contributed by atoms with Gasteiger partial charge in [-0.15, -0.1) is 0 Å². The molecule has 0 aliphatic carbocycles. The van der Waals surface area contributed by atoms with E-state index >= 15 is 14.4 Å². The van der Waals surface area contributed by atoms with E-state index in [4.69, 9.17) is 74.2 Å². The summed E-state index contributed by atoms with van der Waals surface area (Å²) in [5.74, 6) is -16.0. The highest BCUT2D eigenvalue weighted by atomic mass is 35.5. The van der Waals surface area contributed by atoms with Crippen molar-refractivity contribution in [2.24, 2.45) is 17.4 Å². The molecule has 11 bridgehead atoms. The SMILES string of the molecule is CN[C@H](CC(C)C)C(=O)N[C@H]1C(=O)N[C@@H](CC(N)=O)C(=O)N[C@H]2C(=O)N[C@H]3C(=O)N[C@H](C(=O)N[C@@H](C(=O)O)c4cc(O)cc(O)c4-c4cc3ccc4O)[C@H](O)c3ccc(c(Cl)c3)Oc3cc2cc(c3O[C@@H]2O[C@H](CO)[C@@H](O)[C@H](O)[C@H]2O[C@H]2C[C@](C)(N)C(O)[C@H](C)O2)Oc2ccc(cc2Cl)[C@H]1O.[N-]=[N+]=[N-]. The number of benzene rings is 5. The second kappa shape index (κ2) is 32.4. The molecular formula is C66H75Cl2N12O24-. The minimum atomic E-state index is -2.35. The van der Waals surface area contributed by atoms with Crippen molar-refractivity contribution in [3.8, 4) is 57.1 Å². The second-order valence-electron chi connectivity index (χ2n) is 25.8. The molecule has 7 amide bonds. The van der Waals surface area contributed by atoms with Crippen molar-refractivity contribution in [2.45, 2.75) is 156 Å². The van der Waals surface area contributed by atoms with Crippen LogP contribution in [0.4, 0.5) is 0 Å². The number of primary amides is 1. The average molecular weight is 1490 g/mol. The number of hydrogen-bond acceptors (Lipinski definition) is 25. The van der Waals surface area contributed by atoms with Crippen LogP contribution in [-0.4, -0.2) is 191 Å². The molecule has 2 saturated heterocycles. The van der Waals surface area contributed by atoms with Crippen LogP contribution in [0.3, 0.4) is 0 Å². The van der Waals surface area contributed by atoms with Crippen LogP contribution in [0.15, 0.2) is 78.9 Å². The molecule has 0 spiro atoms. The number of phenolic OH excluding ortho intramolecular Hbond substituents is 3. The highest BCUT2D eigenvalue weighted by molar-refractivity contribution is 6.32. The molecule has 2 fully saturated rings. The number of carbonyl (C=O) groups excluding carboxylic acids is 7. The van der Waals surface area contributed by atoms with Crippen LogP contribution in [0.1, 0.15) is 105 Å². The van der Waals surface area contributed by atoms with Crippen molar-refractivity contribution in [1.82, 2.24) is 37.2 Å².